The zero-order valence-electron chi connectivity index (χ0n) is 20.7. The van der Waals surface area contributed by atoms with Crippen molar-refractivity contribution >= 4 is 33.1 Å². The molecule has 1 saturated heterocycles. The molecular weight excluding hydrogens is 463 g/mol. The second-order valence-corrected chi connectivity index (χ2v) is 11.9. The maximum absolute atomic E-state index is 14.1. The second-order valence-electron chi connectivity index (χ2n) is 10.8. The highest BCUT2D eigenvalue weighted by molar-refractivity contribution is 7.18. The average Bonchev–Trinajstić information content (AvgIpc) is 3.22. The monoisotopic (exact) mass is 496 g/mol. The molecule has 1 aliphatic carbocycles. The van der Waals surface area contributed by atoms with Crippen LogP contribution in [0.15, 0.2) is 35.4 Å². The van der Waals surface area contributed by atoms with Crippen LogP contribution in [0.1, 0.15) is 44.1 Å². The first-order valence-corrected chi connectivity index (χ1v) is 13.3. The zero-order chi connectivity index (χ0) is 24.7. The van der Waals surface area contributed by atoms with E-state index >= 15 is 0 Å². The number of anilines is 1. The number of hydrogen-bond acceptors (Lipinski definition) is 5. The third kappa shape index (κ3) is 4.73. The molecule has 1 atom stereocenters. The van der Waals surface area contributed by atoms with Crippen LogP contribution in [0.3, 0.4) is 0 Å². The molecule has 1 amide bonds. The quantitative estimate of drug-likeness (QED) is 0.534. The van der Waals surface area contributed by atoms with E-state index in [1.54, 1.807) is 34.4 Å². The minimum Gasteiger partial charge on any atom is -0.366 e. The van der Waals surface area contributed by atoms with E-state index < -0.39 is 0 Å². The van der Waals surface area contributed by atoms with Gasteiger partial charge in [0.05, 0.1) is 17.4 Å². The van der Waals surface area contributed by atoms with Gasteiger partial charge in [-0.15, -0.1) is 11.3 Å². The third-order valence-electron chi connectivity index (χ3n) is 7.65. The molecule has 6 nitrogen and oxygen atoms in total. The summed E-state index contributed by atoms with van der Waals surface area (Å²) in [5, 5.41) is 0.755. The van der Waals surface area contributed by atoms with E-state index in [1.807, 2.05) is 15.9 Å². The van der Waals surface area contributed by atoms with Crippen LogP contribution in [0, 0.1) is 17.2 Å². The summed E-state index contributed by atoms with van der Waals surface area (Å²) in [7, 11) is 0. The van der Waals surface area contributed by atoms with E-state index in [0.717, 1.165) is 29.5 Å². The number of para-hydroxylation sites is 1. The lowest BCUT2D eigenvalue weighted by Crippen LogP contribution is -2.49. The Morgan fingerprint density at radius 1 is 1.17 bits per heavy atom. The lowest BCUT2D eigenvalue weighted by molar-refractivity contribution is -0.131. The summed E-state index contributed by atoms with van der Waals surface area (Å²) in [6, 6.07) is 6.74. The van der Waals surface area contributed by atoms with E-state index in [0.29, 0.717) is 44.3 Å². The summed E-state index contributed by atoms with van der Waals surface area (Å²) in [5.41, 5.74) is 1.98. The van der Waals surface area contributed by atoms with Crippen LogP contribution < -0.4 is 10.5 Å². The molecule has 0 saturated carbocycles. The van der Waals surface area contributed by atoms with Gasteiger partial charge in [0.2, 0.25) is 5.91 Å². The van der Waals surface area contributed by atoms with Crippen molar-refractivity contribution < 1.29 is 9.18 Å². The second kappa shape index (κ2) is 9.37. The molecule has 0 radical (unpaired) electrons. The van der Waals surface area contributed by atoms with Crippen LogP contribution in [0.25, 0.3) is 10.2 Å². The summed E-state index contributed by atoms with van der Waals surface area (Å²) in [6.07, 6.45) is 4.87. The van der Waals surface area contributed by atoms with Gasteiger partial charge in [-0.2, -0.15) is 0 Å². The standard InChI is InChI=1S/C27H33FN4O2S/c1-27(2,3)18-8-9-19-22(16-18)35-25-24(19)26(34)32(17-29-25)11-10-23(33)31-14-12-30(13-15-31)21-7-5-4-6-20(21)28/h4-7,17-18H,8-16H2,1-3H3. The molecule has 3 heterocycles. The predicted octanol–water partition coefficient (Wildman–Crippen LogP) is 4.49. The lowest BCUT2D eigenvalue weighted by atomic mass is 9.72. The number of carbonyl (C=O) groups is 1. The molecule has 1 fully saturated rings. The van der Waals surface area contributed by atoms with E-state index in [4.69, 9.17) is 0 Å². The van der Waals surface area contributed by atoms with Crippen LogP contribution in [-0.4, -0.2) is 46.5 Å². The summed E-state index contributed by atoms with van der Waals surface area (Å²) in [6.45, 7) is 9.48. The normalized spacial score (nSPS) is 18.7. The van der Waals surface area contributed by atoms with Crippen LogP contribution >= 0.6 is 11.3 Å². The van der Waals surface area contributed by atoms with Crippen LogP contribution in [0.2, 0.25) is 0 Å². The maximum atomic E-state index is 14.1. The Hall–Kier alpha value is -2.74. The Labute approximate surface area is 209 Å². The molecule has 1 aromatic carbocycles. The summed E-state index contributed by atoms with van der Waals surface area (Å²) in [5.74, 6) is 0.395. The molecule has 186 valence electrons. The minimum absolute atomic E-state index is 0.0190. The number of fused-ring (bicyclic) bond motifs is 3. The number of benzene rings is 1. The van der Waals surface area contributed by atoms with Crippen molar-refractivity contribution in [2.24, 2.45) is 11.3 Å². The first kappa shape index (κ1) is 24.0. The maximum Gasteiger partial charge on any atom is 0.262 e. The van der Waals surface area contributed by atoms with Crippen LogP contribution in [0.4, 0.5) is 10.1 Å². The van der Waals surface area contributed by atoms with E-state index in [9.17, 15) is 14.0 Å². The van der Waals surface area contributed by atoms with Gasteiger partial charge in [-0.1, -0.05) is 32.9 Å². The smallest absolute Gasteiger partial charge is 0.262 e. The van der Waals surface area contributed by atoms with E-state index in [-0.39, 0.29) is 29.1 Å². The van der Waals surface area contributed by atoms with Crippen molar-refractivity contribution in [2.75, 3.05) is 31.1 Å². The molecule has 2 aliphatic rings. The van der Waals surface area contributed by atoms with Gasteiger partial charge in [-0.25, -0.2) is 9.37 Å². The number of thiophene rings is 1. The molecule has 0 N–H and O–H groups in total. The highest BCUT2D eigenvalue weighted by atomic mass is 32.1. The Kier molecular flexibility index (Phi) is 6.42. The largest absolute Gasteiger partial charge is 0.366 e. The molecule has 3 aromatic rings. The van der Waals surface area contributed by atoms with Gasteiger partial charge in [0.1, 0.15) is 10.6 Å². The van der Waals surface area contributed by atoms with Crippen molar-refractivity contribution in [3.05, 3.63) is 57.2 Å². The lowest BCUT2D eigenvalue weighted by Gasteiger charge is -2.36. The average molecular weight is 497 g/mol. The molecule has 5 rings (SSSR count). The Morgan fingerprint density at radius 2 is 1.91 bits per heavy atom. The van der Waals surface area contributed by atoms with Gasteiger partial charge < -0.3 is 9.80 Å². The number of rotatable bonds is 4. The van der Waals surface area contributed by atoms with Crippen molar-refractivity contribution in [2.45, 2.75) is 53.0 Å². The number of piperazine rings is 1. The number of nitrogens with zero attached hydrogens (tertiary/aromatic N) is 4. The highest BCUT2D eigenvalue weighted by Crippen LogP contribution is 2.41. The van der Waals surface area contributed by atoms with Gasteiger partial charge in [0, 0.05) is 44.0 Å². The fraction of sp³-hybridized carbons (Fsp3) is 0.519. The zero-order valence-corrected chi connectivity index (χ0v) is 21.5. The first-order valence-electron chi connectivity index (χ1n) is 12.5. The van der Waals surface area contributed by atoms with Gasteiger partial charge in [-0.3, -0.25) is 14.2 Å². The fourth-order valence-electron chi connectivity index (χ4n) is 5.38. The molecule has 0 spiro atoms. The van der Waals surface area contributed by atoms with Gasteiger partial charge >= 0.3 is 0 Å². The molecule has 8 heteroatoms. The van der Waals surface area contributed by atoms with Crippen LogP contribution in [0.5, 0.6) is 0 Å². The number of hydrogen-bond donors (Lipinski definition) is 0. The molecule has 35 heavy (non-hydrogen) atoms. The number of carbonyl (C=O) groups excluding carboxylic acids is 1. The predicted molar refractivity (Wildman–Crippen MR) is 139 cm³/mol. The molecule has 1 unspecified atom stereocenters. The van der Waals surface area contributed by atoms with Crippen molar-refractivity contribution in [3.8, 4) is 0 Å². The molecular formula is C27H33FN4O2S. The van der Waals surface area contributed by atoms with Gasteiger partial charge in [-0.05, 0) is 48.3 Å². The van der Waals surface area contributed by atoms with Crippen LogP contribution in [-0.2, 0) is 24.2 Å². The number of aryl methyl sites for hydroxylation is 2. The number of halogens is 1. The Balaban J connectivity index is 1.24. The Morgan fingerprint density at radius 3 is 2.63 bits per heavy atom. The van der Waals surface area contributed by atoms with Crippen molar-refractivity contribution in [1.82, 2.24) is 14.5 Å². The van der Waals surface area contributed by atoms with Gasteiger partial charge in [0.15, 0.2) is 0 Å². The summed E-state index contributed by atoms with van der Waals surface area (Å²) in [4.78, 5) is 36.7. The summed E-state index contributed by atoms with van der Waals surface area (Å²) < 4.78 is 15.7. The number of aromatic nitrogens is 2. The first-order chi connectivity index (χ1) is 16.7. The molecule has 2 aromatic heterocycles. The molecule has 0 bridgehead atoms. The number of amides is 1. The van der Waals surface area contributed by atoms with E-state index in [2.05, 4.69) is 25.8 Å². The SMILES string of the molecule is CC(C)(C)C1CCc2c(sc3ncn(CCC(=O)N4CCN(c5ccccc5F)CC4)c(=O)c23)C1. The molecule has 1 aliphatic heterocycles. The Bertz CT molecular complexity index is 1300. The highest BCUT2D eigenvalue weighted by Gasteiger charge is 2.32. The minimum atomic E-state index is -0.237. The van der Waals surface area contributed by atoms with Crippen molar-refractivity contribution in [3.63, 3.8) is 0 Å². The summed E-state index contributed by atoms with van der Waals surface area (Å²) >= 11 is 1.66. The third-order valence-corrected chi connectivity index (χ3v) is 8.81. The fourth-order valence-corrected chi connectivity index (χ4v) is 6.64. The van der Waals surface area contributed by atoms with Crippen molar-refractivity contribution in [1.29, 1.82) is 0 Å². The van der Waals surface area contributed by atoms with Gasteiger partial charge in [0.25, 0.3) is 5.56 Å². The van der Waals surface area contributed by atoms with E-state index in [1.165, 1.54) is 16.5 Å². The topological polar surface area (TPSA) is 58.4 Å².